The second kappa shape index (κ2) is 4.88. The van der Waals surface area contributed by atoms with Crippen LogP contribution in [0.3, 0.4) is 0 Å². The van der Waals surface area contributed by atoms with Gasteiger partial charge in [-0.1, -0.05) is 17.7 Å². The molecule has 1 rings (SSSR count). The van der Waals surface area contributed by atoms with E-state index in [4.69, 9.17) is 11.6 Å². The normalized spacial score (nSPS) is 10.5. The van der Waals surface area contributed by atoms with Crippen LogP contribution in [0.25, 0.3) is 0 Å². The molecular weight excluding hydrogens is 227 g/mol. The molecule has 1 aromatic rings. The number of hydrogen-bond donors (Lipinski definition) is 1. The van der Waals surface area contributed by atoms with Gasteiger partial charge in [0.1, 0.15) is 0 Å². The van der Waals surface area contributed by atoms with Gasteiger partial charge in [0.25, 0.3) is 0 Å². The molecule has 1 aromatic carbocycles. The first-order chi connectivity index (χ1) is 5.00. The molecule has 0 fully saturated rings. The van der Waals surface area contributed by atoms with Gasteiger partial charge >= 0.3 is 29.6 Å². The molecule has 2 nitrogen and oxygen atoms in total. The fraction of sp³-hybridized carbons (Fsp3) is 0. The summed E-state index contributed by atoms with van der Waals surface area (Å²) in [7, 11) is -3.42. The molecule has 0 bridgehead atoms. The van der Waals surface area contributed by atoms with Gasteiger partial charge in [-0.2, -0.15) is 0 Å². The first-order valence-electron chi connectivity index (χ1n) is 2.73. The first kappa shape index (κ1) is 12.8. The van der Waals surface area contributed by atoms with Gasteiger partial charge in [-0.05, 0) is 29.9 Å². The van der Waals surface area contributed by atoms with Crippen molar-refractivity contribution in [3.8, 4) is 0 Å². The van der Waals surface area contributed by atoms with Crippen LogP contribution in [0.5, 0.6) is 0 Å². The van der Waals surface area contributed by atoms with Crippen molar-refractivity contribution in [2.45, 2.75) is 4.90 Å². The minimum absolute atomic E-state index is 0. The number of thiol groups is 1. The van der Waals surface area contributed by atoms with E-state index in [1.54, 1.807) is 12.1 Å². The molecule has 0 amide bonds. The van der Waals surface area contributed by atoms with Crippen LogP contribution in [0.4, 0.5) is 0 Å². The maximum absolute atomic E-state index is 10.8. The van der Waals surface area contributed by atoms with E-state index in [9.17, 15) is 8.42 Å². The zero-order valence-corrected chi connectivity index (χ0v) is 7.83. The Balaban J connectivity index is 0.00000121. The molecular formula is C6H6ClNaO2S2. The van der Waals surface area contributed by atoms with Crippen LogP contribution in [0.1, 0.15) is 0 Å². The van der Waals surface area contributed by atoms with Gasteiger partial charge < -0.3 is 0 Å². The monoisotopic (exact) mass is 232 g/mol. The fourth-order valence-corrected chi connectivity index (χ4v) is 1.75. The minimum atomic E-state index is -3.42. The van der Waals surface area contributed by atoms with Crippen LogP contribution in [0.15, 0.2) is 29.2 Å². The number of benzene rings is 1. The van der Waals surface area contributed by atoms with Crippen molar-refractivity contribution in [1.82, 2.24) is 0 Å². The average Bonchev–Trinajstić information content (AvgIpc) is 1.86. The van der Waals surface area contributed by atoms with Gasteiger partial charge in [-0.3, -0.25) is 0 Å². The fourth-order valence-electron chi connectivity index (χ4n) is 0.627. The van der Waals surface area contributed by atoms with Crippen molar-refractivity contribution in [2.75, 3.05) is 0 Å². The number of hydrogen-bond acceptors (Lipinski definition) is 2. The summed E-state index contributed by atoms with van der Waals surface area (Å²) in [6, 6.07) is 5.95. The summed E-state index contributed by atoms with van der Waals surface area (Å²) in [5, 5.41) is 0.389. The third-order valence-corrected chi connectivity index (χ3v) is 2.81. The van der Waals surface area contributed by atoms with Gasteiger partial charge in [0.15, 0.2) is 0 Å². The first-order valence-corrected chi connectivity index (χ1v) is 5.64. The Hall–Kier alpha value is 0.810. The van der Waals surface area contributed by atoms with Gasteiger partial charge in [0.05, 0.1) is 4.90 Å². The third-order valence-electron chi connectivity index (χ3n) is 1.09. The van der Waals surface area contributed by atoms with E-state index in [0.29, 0.717) is 5.02 Å². The van der Waals surface area contributed by atoms with Crippen LogP contribution >= 0.6 is 23.3 Å². The summed E-state index contributed by atoms with van der Waals surface area (Å²) in [4.78, 5) is 0.119. The molecule has 0 saturated carbocycles. The summed E-state index contributed by atoms with van der Waals surface area (Å²) in [5.41, 5.74) is 0. The van der Waals surface area contributed by atoms with E-state index in [1.807, 2.05) is 0 Å². The van der Waals surface area contributed by atoms with Crippen molar-refractivity contribution in [3.05, 3.63) is 29.3 Å². The third kappa shape index (κ3) is 3.68. The van der Waals surface area contributed by atoms with Crippen LogP contribution in [-0.2, 0) is 8.87 Å². The van der Waals surface area contributed by atoms with Gasteiger partial charge in [-0.15, -0.1) is 0 Å². The Labute approximate surface area is 103 Å². The Kier molecular flexibility index (Phi) is 5.21. The molecule has 0 unspecified atom stereocenters. The Morgan fingerprint density at radius 3 is 2.25 bits per heavy atom. The van der Waals surface area contributed by atoms with Crippen molar-refractivity contribution in [1.29, 1.82) is 0 Å². The van der Waals surface area contributed by atoms with E-state index in [1.165, 1.54) is 12.1 Å². The summed E-state index contributed by atoms with van der Waals surface area (Å²) >= 11 is 8.96. The van der Waals surface area contributed by atoms with E-state index in [-0.39, 0.29) is 34.5 Å². The second-order valence-electron chi connectivity index (χ2n) is 1.93. The van der Waals surface area contributed by atoms with Crippen LogP contribution in [0.2, 0.25) is 5.02 Å². The van der Waals surface area contributed by atoms with Crippen molar-refractivity contribution >= 4 is 61.7 Å². The second-order valence-corrected chi connectivity index (χ2v) is 5.23. The molecule has 0 atom stereocenters. The molecule has 0 aliphatic carbocycles. The van der Waals surface area contributed by atoms with Crippen molar-refractivity contribution in [3.63, 3.8) is 0 Å². The van der Waals surface area contributed by atoms with E-state index >= 15 is 0 Å². The molecule has 12 heavy (non-hydrogen) atoms. The summed E-state index contributed by atoms with van der Waals surface area (Å²) in [6.07, 6.45) is 0. The molecule has 0 aromatic heterocycles. The molecule has 62 valence electrons. The molecule has 0 saturated heterocycles. The molecule has 0 spiro atoms. The quantitative estimate of drug-likeness (QED) is 0.450. The summed E-state index contributed by atoms with van der Waals surface area (Å²) in [6.45, 7) is 0. The van der Waals surface area contributed by atoms with Gasteiger partial charge in [0.2, 0.25) is 8.87 Å². The molecule has 0 N–H and O–H groups in total. The molecule has 0 heterocycles. The molecule has 0 aliphatic heterocycles. The average molecular weight is 233 g/mol. The van der Waals surface area contributed by atoms with Crippen LogP contribution < -0.4 is 0 Å². The van der Waals surface area contributed by atoms with Crippen molar-refractivity contribution < 1.29 is 8.42 Å². The summed E-state index contributed by atoms with van der Waals surface area (Å²) in [5.74, 6) is 0. The van der Waals surface area contributed by atoms with Crippen LogP contribution in [0, 0.1) is 0 Å². The van der Waals surface area contributed by atoms with Crippen molar-refractivity contribution in [2.24, 2.45) is 0 Å². The topological polar surface area (TPSA) is 34.1 Å². The molecule has 6 heteroatoms. The standard InChI is InChI=1S/C6H5ClO2S2.Na.H/c7-5-2-1-3-6(4-5)11(8,9)10;;/h1-4H,(H,8,9,10);;. The van der Waals surface area contributed by atoms with E-state index in [2.05, 4.69) is 11.7 Å². The summed E-state index contributed by atoms with van der Waals surface area (Å²) < 4.78 is 21.6. The Morgan fingerprint density at radius 1 is 1.33 bits per heavy atom. The van der Waals surface area contributed by atoms with E-state index < -0.39 is 8.87 Å². The molecule has 0 radical (unpaired) electrons. The number of rotatable bonds is 1. The maximum atomic E-state index is 10.8. The SMILES string of the molecule is O=S(=O)(S)c1cccc(Cl)c1.[NaH]. The zero-order chi connectivity index (χ0) is 8.48. The predicted octanol–water partition coefficient (Wildman–Crippen LogP) is 1.31. The Bertz CT molecular complexity index is 364. The number of halogens is 1. The van der Waals surface area contributed by atoms with Gasteiger partial charge in [-0.25, -0.2) is 8.42 Å². The van der Waals surface area contributed by atoms with Crippen LogP contribution in [-0.4, -0.2) is 38.0 Å². The molecule has 0 aliphatic rings. The van der Waals surface area contributed by atoms with Gasteiger partial charge in [0, 0.05) is 5.02 Å². The Morgan fingerprint density at radius 2 is 1.92 bits per heavy atom. The zero-order valence-electron chi connectivity index (χ0n) is 5.36. The van der Waals surface area contributed by atoms with E-state index in [0.717, 1.165) is 0 Å². The predicted molar refractivity (Wildman–Crippen MR) is 54.8 cm³/mol.